The van der Waals surface area contributed by atoms with Gasteiger partial charge in [-0.2, -0.15) is 0 Å². The van der Waals surface area contributed by atoms with Crippen LogP contribution in [0, 0.1) is 5.41 Å². The van der Waals surface area contributed by atoms with E-state index in [0.29, 0.717) is 17.9 Å². The number of carbonyl (C=O) groups excluding carboxylic acids is 1. The topological polar surface area (TPSA) is 58.6 Å². The lowest BCUT2D eigenvalue weighted by atomic mass is 9.90. The molecule has 0 heterocycles. The molecule has 0 fully saturated rings. The molecule has 0 saturated carbocycles. The SMILES string of the molecule is CCC(C)(C)CNC(=O)c1ccc(OC)c(O)c1. The van der Waals surface area contributed by atoms with E-state index in [1.165, 1.54) is 13.2 Å². The van der Waals surface area contributed by atoms with Gasteiger partial charge in [0.2, 0.25) is 0 Å². The third-order valence-corrected chi connectivity index (χ3v) is 3.13. The zero-order valence-electron chi connectivity index (χ0n) is 11.4. The van der Waals surface area contributed by atoms with Gasteiger partial charge in [0, 0.05) is 12.1 Å². The molecule has 4 heteroatoms. The fourth-order valence-corrected chi connectivity index (χ4v) is 1.38. The summed E-state index contributed by atoms with van der Waals surface area (Å²) in [6.45, 7) is 6.89. The molecule has 0 bridgehead atoms. The summed E-state index contributed by atoms with van der Waals surface area (Å²) in [6, 6.07) is 4.62. The first kappa shape index (κ1) is 14.4. The van der Waals surface area contributed by atoms with Crippen molar-refractivity contribution in [2.24, 2.45) is 5.41 Å². The lowest BCUT2D eigenvalue weighted by Gasteiger charge is -2.22. The Morgan fingerprint density at radius 2 is 2.11 bits per heavy atom. The van der Waals surface area contributed by atoms with Gasteiger partial charge in [-0.3, -0.25) is 4.79 Å². The largest absolute Gasteiger partial charge is 0.504 e. The van der Waals surface area contributed by atoms with E-state index in [4.69, 9.17) is 4.74 Å². The van der Waals surface area contributed by atoms with Crippen LogP contribution in [0.2, 0.25) is 0 Å². The highest BCUT2D eigenvalue weighted by Gasteiger charge is 2.17. The Labute approximate surface area is 108 Å². The second kappa shape index (κ2) is 5.76. The number of aromatic hydroxyl groups is 1. The van der Waals surface area contributed by atoms with Crippen molar-refractivity contribution < 1.29 is 14.6 Å². The summed E-state index contributed by atoms with van der Waals surface area (Å²) in [5.74, 6) is 0.148. The lowest BCUT2D eigenvalue weighted by Crippen LogP contribution is -2.33. The van der Waals surface area contributed by atoms with E-state index in [2.05, 4.69) is 26.1 Å². The van der Waals surface area contributed by atoms with Crippen molar-refractivity contribution in [2.45, 2.75) is 27.2 Å². The molecular formula is C14H21NO3. The van der Waals surface area contributed by atoms with Crippen LogP contribution in [0.5, 0.6) is 11.5 Å². The van der Waals surface area contributed by atoms with Gasteiger partial charge in [0.15, 0.2) is 11.5 Å². The standard InChI is InChI=1S/C14H21NO3/c1-5-14(2,3)9-15-13(17)10-6-7-12(18-4)11(16)8-10/h6-8,16H,5,9H2,1-4H3,(H,15,17). The summed E-state index contributed by atoms with van der Waals surface area (Å²) in [5.41, 5.74) is 0.504. The van der Waals surface area contributed by atoms with Crippen LogP contribution in [0.1, 0.15) is 37.6 Å². The van der Waals surface area contributed by atoms with Gasteiger partial charge in [-0.05, 0) is 30.0 Å². The molecule has 0 aliphatic heterocycles. The van der Waals surface area contributed by atoms with Crippen molar-refractivity contribution >= 4 is 5.91 Å². The average Bonchev–Trinajstić information content (AvgIpc) is 2.36. The van der Waals surface area contributed by atoms with Crippen molar-refractivity contribution in [1.82, 2.24) is 5.32 Å². The molecule has 100 valence electrons. The third-order valence-electron chi connectivity index (χ3n) is 3.13. The Morgan fingerprint density at radius 1 is 1.44 bits per heavy atom. The number of benzene rings is 1. The molecule has 0 aromatic heterocycles. The molecule has 18 heavy (non-hydrogen) atoms. The van der Waals surface area contributed by atoms with Gasteiger partial charge >= 0.3 is 0 Å². The maximum absolute atomic E-state index is 11.9. The van der Waals surface area contributed by atoms with Gasteiger partial charge in [-0.25, -0.2) is 0 Å². The van der Waals surface area contributed by atoms with E-state index in [-0.39, 0.29) is 17.1 Å². The smallest absolute Gasteiger partial charge is 0.251 e. The Balaban J connectivity index is 2.71. The molecule has 0 spiro atoms. The van der Waals surface area contributed by atoms with Crippen molar-refractivity contribution in [3.05, 3.63) is 23.8 Å². The zero-order chi connectivity index (χ0) is 13.8. The van der Waals surface area contributed by atoms with Gasteiger partial charge < -0.3 is 15.2 Å². The Hall–Kier alpha value is -1.71. The van der Waals surface area contributed by atoms with Crippen molar-refractivity contribution in [3.63, 3.8) is 0 Å². The number of amides is 1. The molecule has 1 aromatic carbocycles. The molecule has 1 aromatic rings. The van der Waals surface area contributed by atoms with Crippen molar-refractivity contribution in [2.75, 3.05) is 13.7 Å². The molecule has 1 rings (SSSR count). The second-order valence-corrected chi connectivity index (χ2v) is 5.09. The number of phenolic OH excluding ortho intramolecular Hbond substituents is 1. The molecule has 0 saturated heterocycles. The maximum atomic E-state index is 11.9. The van der Waals surface area contributed by atoms with Crippen LogP contribution in [0.15, 0.2) is 18.2 Å². The summed E-state index contributed by atoms with van der Waals surface area (Å²) >= 11 is 0. The number of carbonyl (C=O) groups is 1. The molecule has 4 nitrogen and oxygen atoms in total. The van der Waals surface area contributed by atoms with Gasteiger partial charge in [0.25, 0.3) is 5.91 Å². The van der Waals surface area contributed by atoms with Gasteiger partial charge in [0.05, 0.1) is 7.11 Å². The Morgan fingerprint density at radius 3 is 2.61 bits per heavy atom. The first-order chi connectivity index (χ1) is 8.39. The highest BCUT2D eigenvalue weighted by atomic mass is 16.5. The Bertz CT molecular complexity index is 427. The summed E-state index contributed by atoms with van der Waals surface area (Å²) in [5, 5.41) is 12.5. The fraction of sp³-hybridized carbons (Fsp3) is 0.500. The molecular weight excluding hydrogens is 230 g/mol. The predicted octanol–water partition coefficient (Wildman–Crippen LogP) is 2.57. The number of phenols is 1. The van der Waals surface area contributed by atoms with E-state index in [1.54, 1.807) is 12.1 Å². The summed E-state index contributed by atoms with van der Waals surface area (Å²) in [7, 11) is 1.47. The van der Waals surface area contributed by atoms with E-state index >= 15 is 0 Å². The van der Waals surface area contributed by atoms with Crippen LogP contribution in [0.25, 0.3) is 0 Å². The van der Waals surface area contributed by atoms with Gasteiger partial charge in [-0.15, -0.1) is 0 Å². The fourth-order valence-electron chi connectivity index (χ4n) is 1.38. The highest BCUT2D eigenvalue weighted by molar-refractivity contribution is 5.94. The number of nitrogens with one attached hydrogen (secondary N) is 1. The summed E-state index contributed by atoms with van der Waals surface area (Å²) in [6.07, 6.45) is 0.987. The minimum absolute atomic E-state index is 0.0279. The van der Waals surface area contributed by atoms with Gasteiger partial charge in [0.1, 0.15) is 0 Å². The van der Waals surface area contributed by atoms with E-state index in [0.717, 1.165) is 6.42 Å². The van der Waals surface area contributed by atoms with Crippen LogP contribution in [-0.4, -0.2) is 24.7 Å². The number of methoxy groups -OCH3 is 1. The van der Waals surface area contributed by atoms with Crippen LogP contribution in [-0.2, 0) is 0 Å². The molecule has 0 atom stereocenters. The van der Waals surface area contributed by atoms with E-state index in [9.17, 15) is 9.90 Å². The summed E-state index contributed by atoms with van der Waals surface area (Å²) in [4.78, 5) is 11.9. The average molecular weight is 251 g/mol. The molecule has 1 amide bonds. The molecule has 0 aliphatic rings. The number of ether oxygens (including phenoxy) is 1. The zero-order valence-corrected chi connectivity index (χ0v) is 11.4. The van der Waals surface area contributed by atoms with Crippen LogP contribution in [0.4, 0.5) is 0 Å². The van der Waals surface area contributed by atoms with Crippen molar-refractivity contribution in [1.29, 1.82) is 0 Å². The molecule has 0 unspecified atom stereocenters. The minimum atomic E-state index is -0.186. The van der Waals surface area contributed by atoms with Crippen LogP contribution < -0.4 is 10.1 Å². The monoisotopic (exact) mass is 251 g/mol. The molecule has 0 aliphatic carbocycles. The maximum Gasteiger partial charge on any atom is 0.251 e. The van der Waals surface area contributed by atoms with E-state index in [1.807, 2.05) is 0 Å². The number of hydrogen-bond donors (Lipinski definition) is 2. The normalized spacial score (nSPS) is 11.1. The second-order valence-electron chi connectivity index (χ2n) is 5.09. The van der Waals surface area contributed by atoms with Gasteiger partial charge in [-0.1, -0.05) is 20.8 Å². The summed E-state index contributed by atoms with van der Waals surface area (Å²) < 4.78 is 4.93. The van der Waals surface area contributed by atoms with Crippen LogP contribution in [0.3, 0.4) is 0 Å². The van der Waals surface area contributed by atoms with Crippen LogP contribution >= 0.6 is 0 Å². The first-order valence-corrected chi connectivity index (χ1v) is 6.05. The molecule has 0 radical (unpaired) electrons. The predicted molar refractivity (Wildman–Crippen MR) is 71.1 cm³/mol. The first-order valence-electron chi connectivity index (χ1n) is 6.05. The molecule has 2 N–H and O–H groups in total. The van der Waals surface area contributed by atoms with Crippen molar-refractivity contribution in [3.8, 4) is 11.5 Å². The highest BCUT2D eigenvalue weighted by Crippen LogP contribution is 2.26. The number of hydrogen-bond acceptors (Lipinski definition) is 3. The van der Waals surface area contributed by atoms with E-state index < -0.39 is 0 Å². The number of rotatable bonds is 5. The lowest BCUT2D eigenvalue weighted by molar-refractivity contribution is 0.0935. The Kier molecular flexibility index (Phi) is 4.59. The minimum Gasteiger partial charge on any atom is -0.504 e. The third kappa shape index (κ3) is 3.65. The quantitative estimate of drug-likeness (QED) is 0.845.